The molecule has 0 aromatic heterocycles. The third kappa shape index (κ3) is 17.3. The van der Waals surface area contributed by atoms with Gasteiger partial charge in [-0.05, 0) is 0 Å². The summed E-state index contributed by atoms with van der Waals surface area (Å²) in [5.41, 5.74) is 0. The van der Waals surface area contributed by atoms with Crippen LogP contribution in [0, 0.1) is 0 Å². The van der Waals surface area contributed by atoms with E-state index < -0.39 is 12.5 Å². The van der Waals surface area contributed by atoms with Gasteiger partial charge in [-0.3, -0.25) is 9.41 Å². The molecule has 8 heavy (non-hydrogen) atoms. The number of aliphatic hydroxyl groups is 1. The Labute approximate surface area is 44.1 Å². The molecule has 0 unspecified atom stereocenters. The van der Waals surface area contributed by atoms with Gasteiger partial charge >= 0.3 is 6.11 Å². The molecule has 1 N–H and O–H groups in total. The molecule has 0 fully saturated rings. The van der Waals surface area contributed by atoms with Gasteiger partial charge in [0.15, 0.2) is 0 Å². The Balaban J connectivity index is -0.000000125. The van der Waals surface area contributed by atoms with Crippen molar-refractivity contribution in [3.8, 4) is 0 Å². The largest absolute Gasteiger partial charge is 0.353 e. The second-order valence-electron chi connectivity index (χ2n) is 1.02. The Morgan fingerprint density at radius 3 is 1.50 bits per heavy atom. The summed E-state index contributed by atoms with van der Waals surface area (Å²) in [4.78, 5) is 0. The van der Waals surface area contributed by atoms with E-state index in [1.165, 1.54) is 6.92 Å². The predicted octanol–water partition coefficient (Wildman–Crippen LogP) is 1.29. The van der Waals surface area contributed by atoms with Gasteiger partial charge in [0.2, 0.25) is 0 Å². The highest BCUT2D eigenvalue weighted by Crippen LogP contribution is 2.10. The smallest absolute Gasteiger partial charge is 0.336 e. The number of hydrogen-bond donors (Lipinski definition) is 1. The van der Waals surface area contributed by atoms with Crippen LogP contribution in [-0.2, 0) is 0 Å². The van der Waals surface area contributed by atoms with Gasteiger partial charge in [-0.15, -0.1) is 0 Å². The van der Waals surface area contributed by atoms with E-state index in [2.05, 4.69) is 0 Å². The summed E-state index contributed by atoms with van der Waals surface area (Å²) in [5.74, 6) is 0. The standard InChI is InChI=1S/C3H6F2O.2FH/c1-2-3(4,5)6;;/h6H,2H2,1H3;2*1H. The summed E-state index contributed by atoms with van der Waals surface area (Å²) in [5, 5.41) is 7.49. The highest BCUT2D eigenvalue weighted by molar-refractivity contribution is 4.38. The van der Waals surface area contributed by atoms with E-state index >= 15 is 0 Å². The first kappa shape index (κ1) is 15.6. The maximum atomic E-state index is 11.0. The minimum atomic E-state index is -3.46. The molecule has 0 aromatic carbocycles. The van der Waals surface area contributed by atoms with Crippen LogP contribution < -0.4 is 0 Å². The lowest BCUT2D eigenvalue weighted by molar-refractivity contribution is -0.199. The Morgan fingerprint density at radius 1 is 1.38 bits per heavy atom. The summed E-state index contributed by atoms with van der Waals surface area (Å²) in [6.07, 6.45) is -3.97. The van der Waals surface area contributed by atoms with Crippen LogP contribution in [0.25, 0.3) is 0 Å². The Morgan fingerprint density at radius 2 is 1.50 bits per heavy atom. The number of alkyl halides is 2. The van der Waals surface area contributed by atoms with Crippen molar-refractivity contribution >= 4 is 0 Å². The third-order valence-electron chi connectivity index (χ3n) is 0.425. The molecule has 0 aliphatic rings. The molecule has 0 heterocycles. The average molecular weight is 136 g/mol. The topological polar surface area (TPSA) is 20.2 Å². The molecule has 0 saturated heterocycles. The molecule has 5 heteroatoms. The van der Waals surface area contributed by atoms with Crippen molar-refractivity contribution in [2.24, 2.45) is 0 Å². The number of hydrogen-bond acceptors (Lipinski definition) is 1. The molecule has 54 valence electrons. The third-order valence-corrected chi connectivity index (χ3v) is 0.425. The quantitative estimate of drug-likeness (QED) is 0.538. The van der Waals surface area contributed by atoms with E-state index in [1.807, 2.05) is 0 Å². The Kier molecular flexibility index (Phi) is 9.45. The summed E-state index contributed by atoms with van der Waals surface area (Å²) in [7, 11) is 0. The van der Waals surface area contributed by atoms with Crippen molar-refractivity contribution in [1.29, 1.82) is 0 Å². The lowest BCUT2D eigenvalue weighted by Gasteiger charge is -2.00. The van der Waals surface area contributed by atoms with Crippen molar-refractivity contribution in [3.05, 3.63) is 0 Å². The van der Waals surface area contributed by atoms with Crippen LogP contribution in [0.4, 0.5) is 18.2 Å². The maximum Gasteiger partial charge on any atom is 0.353 e. The monoisotopic (exact) mass is 136 g/mol. The fraction of sp³-hybridized carbons (Fsp3) is 1.00. The van der Waals surface area contributed by atoms with Crippen LogP contribution in [0.5, 0.6) is 0 Å². The van der Waals surface area contributed by atoms with Gasteiger partial charge in [0.1, 0.15) is 0 Å². The minimum absolute atomic E-state index is 0. The molecule has 0 aliphatic carbocycles. The second-order valence-corrected chi connectivity index (χ2v) is 1.02. The predicted molar refractivity (Wildman–Crippen MR) is 22.5 cm³/mol. The lowest BCUT2D eigenvalue weighted by Crippen LogP contribution is -2.10. The van der Waals surface area contributed by atoms with E-state index in [0.717, 1.165) is 0 Å². The first-order chi connectivity index (χ1) is 2.56. The normalized spacial score (nSPS) is 9.00. The summed E-state index contributed by atoms with van der Waals surface area (Å²) < 4.78 is 22.0. The Bertz CT molecular complexity index is 41.0. The molecular formula is C3H8F4O. The van der Waals surface area contributed by atoms with Crippen LogP contribution in [-0.4, -0.2) is 11.2 Å². The molecule has 0 spiro atoms. The van der Waals surface area contributed by atoms with Gasteiger partial charge in [0.25, 0.3) is 0 Å². The molecule has 0 radical (unpaired) electrons. The molecule has 0 aromatic rings. The number of halogens is 4. The zero-order valence-corrected chi connectivity index (χ0v) is 4.23. The maximum absolute atomic E-state index is 11.0. The summed E-state index contributed by atoms with van der Waals surface area (Å²) in [6, 6.07) is 0. The van der Waals surface area contributed by atoms with E-state index in [-0.39, 0.29) is 9.41 Å². The SMILES string of the molecule is CCC(O)(F)F.F.F. The van der Waals surface area contributed by atoms with Crippen molar-refractivity contribution in [2.75, 3.05) is 0 Å². The van der Waals surface area contributed by atoms with Gasteiger partial charge in [-0.25, -0.2) is 0 Å². The molecule has 0 amide bonds. The zero-order chi connectivity index (χ0) is 5.21. The molecule has 0 saturated carbocycles. The second kappa shape index (κ2) is 4.83. The highest BCUT2D eigenvalue weighted by atomic mass is 19.3. The average Bonchev–Trinajstić information content (AvgIpc) is 1.35. The highest BCUT2D eigenvalue weighted by Gasteiger charge is 2.19. The molecule has 0 bridgehead atoms. The van der Waals surface area contributed by atoms with Crippen LogP contribution >= 0.6 is 0 Å². The van der Waals surface area contributed by atoms with Crippen LogP contribution in [0.1, 0.15) is 13.3 Å². The molecular weight excluding hydrogens is 128 g/mol. The molecule has 0 rings (SSSR count). The fourth-order valence-electron chi connectivity index (χ4n) is 0. The van der Waals surface area contributed by atoms with E-state index in [4.69, 9.17) is 5.11 Å². The van der Waals surface area contributed by atoms with Crippen LogP contribution in [0.3, 0.4) is 0 Å². The van der Waals surface area contributed by atoms with Crippen molar-refractivity contribution in [1.82, 2.24) is 0 Å². The molecule has 0 aliphatic heterocycles. The van der Waals surface area contributed by atoms with Gasteiger partial charge < -0.3 is 5.11 Å². The van der Waals surface area contributed by atoms with E-state index in [9.17, 15) is 8.78 Å². The van der Waals surface area contributed by atoms with Crippen LogP contribution in [0.15, 0.2) is 0 Å². The first-order valence-corrected chi connectivity index (χ1v) is 1.66. The van der Waals surface area contributed by atoms with Crippen molar-refractivity contribution < 1.29 is 23.3 Å². The van der Waals surface area contributed by atoms with E-state index in [0.29, 0.717) is 0 Å². The zero-order valence-electron chi connectivity index (χ0n) is 4.23. The van der Waals surface area contributed by atoms with Crippen molar-refractivity contribution in [3.63, 3.8) is 0 Å². The van der Waals surface area contributed by atoms with Crippen molar-refractivity contribution in [2.45, 2.75) is 19.5 Å². The fourth-order valence-corrected chi connectivity index (χ4v) is 0. The van der Waals surface area contributed by atoms with Gasteiger partial charge in [0, 0.05) is 6.42 Å². The molecule has 0 atom stereocenters. The number of rotatable bonds is 1. The minimum Gasteiger partial charge on any atom is -0.336 e. The summed E-state index contributed by atoms with van der Waals surface area (Å²) >= 11 is 0. The van der Waals surface area contributed by atoms with Gasteiger partial charge in [0.05, 0.1) is 0 Å². The lowest BCUT2D eigenvalue weighted by atomic mass is 10.5. The first-order valence-electron chi connectivity index (χ1n) is 1.66. The van der Waals surface area contributed by atoms with E-state index in [1.54, 1.807) is 0 Å². The molecule has 1 nitrogen and oxygen atoms in total. The van der Waals surface area contributed by atoms with Gasteiger partial charge in [-0.1, -0.05) is 6.92 Å². The summed E-state index contributed by atoms with van der Waals surface area (Å²) in [6.45, 7) is 1.21. The van der Waals surface area contributed by atoms with Crippen LogP contribution in [0.2, 0.25) is 0 Å². The Hall–Kier alpha value is -0.320. The van der Waals surface area contributed by atoms with Gasteiger partial charge in [-0.2, -0.15) is 8.78 Å².